The lowest BCUT2D eigenvalue weighted by Crippen LogP contribution is -2.43. The van der Waals surface area contributed by atoms with Gasteiger partial charge in [-0.1, -0.05) is 18.2 Å². The number of rotatable bonds is 4. The number of para-hydroxylation sites is 1. The van der Waals surface area contributed by atoms with Gasteiger partial charge in [0, 0.05) is 44.3 Å². The van der Waals surface area contributed by atoms with E-state index in [0.29, 0.717) is 11.1 Å². The molecule has 0 spiro atoms. The number of nitriles is 1. The van der Waals surface area contributed by atoms with Crippen LogP contribution in [-0.4, -0.2) is 55.4 Å². The first-order chi connectivity index (χ1) is 13.5. The monoisotopic (exact) mass is 394 g/mol. The van der Waals surface area contributed by atoms with Crippen molar-refractivity contribution in [3.05, 3.63) is 65.9 Å². The normalized spacial score (nSPS) is 16.3. The molecule has 1 saturated heterocycles. The minimum Gasteiger partial charge on any atom is -0.304 e. The molecule has 0 saturated carbocycles. The summed E-state index contributed by atoms with van der Waals surface area (Å²) in [5, 5.41) is 9.91. The molecule has 1 aliphatic rings. The fourth-order valence-electron chi connectivity index (χ4n) is 3.60. The van der Waals surface area contributed by atoms with Crippen molar-refractivity contribution in [3.63, 3.8) is 0 Å². The average molecular weight is 395 g/mol. The second-order valence-electron chi connectivity index (χ2n) is 7.19. The summed E-state index contributed by atoms with van der Waals surface area (Å²) in [6, 6.07) is 15.7. The van der Waals surface area contributed by atoms with Crippen LogP contribution in [0.5, 0.6) is 0 Å². The van der Waals surface area contributed by atoms with Crippen LogP contribution in [0.4, 0.5) is 0 Å². The third kappa shape index (κ3) is 3.42. The molecular weight excluding hydrogens is 372 g/mol. The maximum atomic E-state index is 13.3. The average Bonchev–Trinajstić information content (AvgIpc) is 3.09. The number of piperazine rings is 1. The molecule has 7 heteroatoms. The summed E-state index contributed by atoms with van der Waals surface area (Å²) in [5.74, 6) is 0. The molecule has 2 aromatic carbocycles. The Kier molecular flexibility index (Phi) is 4.94. The zero-order chi connectivity index (χ0) is 19.7. The summed E-state index contributed by atoms with van der Waals surface area (Å²) in [6.07, 6.45) is 1.75. The van der Waals surface area contributed by atoms with Crippen LogP contribution < -0.4 is 0 Å². The van der Waals surface area contributed by atoms with Crippen molar-refractivity contribution in [1.29, 1.82) is 5.26 Å². The lowest BCUT2D eigenvalue weighted by molar-refractivity contribution is 0.148. The van der Waals surface area contributed by atoms with Gasteiger partial charge in [0.05, 0.1) is 22.0 Å². The number of hydrogen-bond acceptors (Lipinski definition) is 5. The Morgan fingerprint density at radius 3 is 2.36 bits per heavy atom. The highest BCUT2D eigenvalue weighted by molar-refractivity contribution is 7.90. The second kappa shape index (κ2) is 7.40. The summed E-state index contributed by atoms with van der Waals surface area (Å²) in [4.78, 5) is 4.84. The number of benzene rings is 2. The molecule has 6 nitrogen and oxygen atoms in total. The Morgan fingerprint density at radius 1 is 1.00 bits per heavy atom. The molecule has 0 aliphatic carbocycles. The summed E-state index contributed by atoms with van der Waals surface area (Å²) in [5.41, 5.74) is 2.13. The van der Waals surface area contributed by atoms with Crippen LogP contribution in [0.2, 0.25) is 0 Å². The lowest BCUT2D eigenvalue weighted by atomic mass is 10.1. The van der Waals surface area contributed by atoms with E-state index in [4.69, 9.17) is 5.26 Å². The predicted octanol–water partition coefficient (Wildman–Crippen LogP) is 2.50. The van der Waals surface area contributed by atoms with Gasteiger partial charge >= 0.3 is 0 Å². The topological polar surface area (TPSA) is 69.3 Å². The molecule has 0 atom stereocenters. The summed E-state index contributed by atoms with van der Waals surface area (Å²) in [6.45, 7) is 4.70. The molecule has 0 amide bonds. The van der Waals surface area contributed by atoms with Crippen molar-refractivity contribution >= 4 is 20.9 Å². The first-order valence-electron chi connectivity index (χ1n) is 9.24. The summed E-state index contributed by atoms with van der Waals surface area (Å²) >= 11 is 0. The highest BCUT2D eigenvalue weighted by Crippen LogP contribution is 2.27. The van der Waals surface area contributed by atoms with Crippen molar-refractivity contribution in [2.45, 2.75) is 11.4 Å². The highest BCUT2D eigenvalue weighted by atomic mass is 32.2. The molecule has 28 heavy (non-hydrogen) atoms. The van der Waals surface area contributed by atoms with Crippen molar-refractivity contribution in [2.24, 2.45) is 0 Å². The van der Waals surface area contributed by atoms with Gasteiger partial charge < -0.3 is 4.90 Å². The quantitative estimate of drug-likeness (QED) is 0.680. The van der Waals surface area contributed by atoms with E-state index in [1.165, 1.54) is 28.2 Å². The van der Waals surface area contributed by atoms with Crippen LogP contribution >= 0.6 is 0 Å². The van der Waals surface area contributed by atoms with E-state index in [2.05, 4.69) is 16.8 Å². The minimum atomic E-state index is -3.74. The third-order valence-electron chi connectivity index (χ3n) is 5.29. The molecule has 0 N–H and O–H groups in total. The molecule has 1 aromatic heterocycles. The van der Waals surface area contributed by atoms with Crippen LogP contribution in [0.3, 0.4) is 0 Å². The van der Waals surface area contributed by atoms with E-state index in [9.17, 15) is 8.42 Å². The minimum absolute atomic E-state index is 0.179. The summed E-state index contributed by atoms with van der Waals surface area (Å²) < 4.78 is 27.9. The molecule has 0 bridgehead atoms. The van der Waals surface area contributed by atoms with Crippen LogP contribution in [0.25, 0.3) is 10.9 Å². The van der Waals surface area contributed by atoms with Crippen LogP contribution in [0, 0.1) is 11.3 Å². The molecule has 3 aromatic rings. The predicted molar refractivity (Wildman–Crippen MR) is 108 cm³/mol. The molecular formula is C21H22N4O2S. The van der Waals surface area contributed by atoms with Crippen LogP contribution in [0.15, 0.2) is 59.6 Å². The van der Waals surface area contributed by atoms with Gasteiger partial charge in [-0.15, -0.1) is 0 Å². The fraction of sp³-hybridized carbons (Fsp3) is 0.286. The van der Waals surface area contributed by atoms with Gasteiger partial charge in [-0.3, -0.25) is 4.90 Å². The van der Waals surface area contributed by atoms with E-state index in [1.54, 1.807) is 6.20 Å². The van der Waals surface area contributed by atoms with E-state index in [0.717, 1.165) is 43.7 Å². The van der Waals surface area contributed by atoms with Crippen LogP contribution in [-0.2, 0) is 16.6 Å². The van der Waals surface area contributed by atoms with Crippen molar-refractivity contribution in [2.75, 3.05) is 33.2 Å². The first kappa shape index (κ1) is 18.7. The molecule has 1 fully saturated rings. The van der Waals surface area contributed by atoms with Gasteiger partial charge in [-0.25, -0.2) is 12.4 Å². The number of likely N-dealkylation sites (N-methyl/N-ethyl adjacent to an activating group) is 1. The Labute approximate surface area is 165 Å². The number of nitrogens with zero attached hydrogens (tertiary/aromatic N) is 4. The van der Waals surface area contributed by atoms with Gasteiger partial charge in [0.1, 0.15) is 0 Å². The Balaban J connectivity index is 1.74. The standard InChI is InChI=1S/C21H22N4O2S/c1-23-10-12-24(13-11-23)15-18-16-25(21-5-3-2-4-20(18)21)28(26,27)19-8-6-17(14-22)7-9-19/h2-9,16H,10-13,15H2,1H3. The van der Waals surface area contributed by atoms with Crippen molar-refractivity contribution in [3.8, 4) is 6.07 Å². The highest BCUT2D eigenvalue weighted by Gasteiger charge is 2.23. The maximum absolute atomic E-state index is 13.3. The van der Waals surface area contributed by atoms with Crippen molar-refractivity contribution in [1.82, 2.24) is 13.8 Å². The first-order valence-corrected chi connectivity index (χ1v) is 10.7. The van der Waals surface area contributed by atoms with Crippen molar-refractivity contribution < 1.29 is 8.42 Å². The van der Waals surface area contributed by atoms with Gasteiger partial charge in [0.25, 0.3) is 10.0 Å². The molecule has 1 aliphatic heterocycles. The van der Waals surface area contributed by atoms with Gasteiger partial charge in [-0.05, 0) is 42.9 Å². The Hall–Kier alpha value is -2.66. The largest absolute Gasteiger partial charge is 0.304 e. The Morgan fingerprint density at radius 2 is 1.68 bits per heavy atom. The molecule has 144 valence electrons. The van der Waals surface area contributed by atoms with E-state index in [1.807, 2.05) is 30.3 Å². The van der Waals surface area contributed by atoms with Gasteiger partial charge in [0.2, 0.25) is 0 Å². The van der Waals surface area contributed by atoms with E-state index >= 15 is 0 Å². The zero-order valence-corrected chi connectivity index (χ0v) is 16.6. The maximum Gasteiger partial charge on any atom is 0.268 e. The van der Waals surface area contributed by atoms with Gasteiger partial charge in [-0.2, -0.15) is 5.26 Å². The van der Waals surface area contributed by atoms with Crippen LogP contribution in [0.1, 0.15) is 11.1 Å². The molecule has 0 radical (unpaired) electrons. The smallest absolute Gasteiger partial charge is 0.268 e. The number of hydrogen-bond donors (Lipinski definition) is 0. The Bertz CT molecular complexity index is 1140. The fourth-order valence-corrected chi connectivity index (χ4v) is 5.00. The number of fused-ring (bicyclic) bond motifs is 1. The lowest BCUT2D eigenvalue weighted by Gasteiger charge is -2.32. The SMILES string of the molecule is CN1CCN(Cc2cn(S(=O)(=O)c3ccc(C#N)cc3)c3ccccc23)CC1. The third-order valence-corrected chi connectivity index (χ3v) is 6.98. The molecule has 2 heterocycles. The molecule has 4 rings (SSSR count). The van der Waals surface area contributed by atoms with E-state index in [-0.39, 0.29) is 4.90 Å². The van der Waals surface area contributed by atoms with Gasteiger partial charge in [0.15, 0.2) is 0 Å². The van der Waals surface area contributed by atoms with E-state index < -0.39 is 10.0 Å². The molecule has 0 unspecified atom stereocenters. The zero-order valence-electron chi connectivity index (χ0n) is 15.7. The second-order valence-corrected chi connectivity index (χ2v) is 9.00. The number of aromatic nitrogens is 1. The summed E-state index contributed by atoms with van der Waals surface area (Å²) in [7, 11) is -1.62.